The monoisotopic (exact) mass is 254 g/mol. The van der Waals surface area contributed by atoms with E-state index in [-0.39, 0.29) is 0 Å². The topological polar surface area (TPSA) is 68.0 Å². The summed E-state index contributed by atoms with van der Waals surface area (Å²) in [7, 11) is 0. The fraction of sp³-hybridized carbons (Fsp3) is 0.385. The largest absolute Gasteiger partial charge is 0.440 e. The molecule has 5 nitrogen and oxygen atoms in total. The molecule has 0 amide bonds. The first-order chi connectivity index (χ1) is 8.69. The highest BCUT2D eigenvalue weighted by Gasteiger charge is 2.04. The van der Waals surface area contributed by atoms with Crippen molar-refractivity contribution in [3.05, 3.63) is 51.9 Å². The molecule has 1 rings (SSSR count). The zero-order valence-electron chi connectivity index (χ0n) is 11.7. The van der Waals surface area contributed by atoms with Gasteiger partial charge < -0.3 is 4.52 Å². The standard InChI is InChI=1S/C9H10N2O3.2C2H6/c1-3-5-6-7(4-2)11-8(12)10-9(13)14-11;2*1-2/h3-6H,1H2,2H3,(H,10,12,13);2*1-2H3/b6-5-,7-4+;;. The summed E-state index contributed by atoms with van der Waals surface area (Å²) in [4.78, 5) is 23.8. The van der Waals surface area contributed by atoms with Gasteiger partial charge in [-0.05, 0) is 13.0 Å². The van der Waals surface area contributed by atoms with Crippen molar-refractivity contribution in [1.29, 1.82) is 0 Å². The van der Waals surface area contributed by atoms with E-state index < -0.39 is 11.4 Å². The lowest BCUT2D eigenvalue weighted by Crippen LogP contribution is -2.15. The number of nitrogens with one attached hydrogen (secondary N) is 1. The molecule has 0 unspecified atom stereocenters. The van der Waals surface area contributed by atoms with Crippen LogP contribution in [0, 0.1) is 0 Å². The van der Waals surface area contributed by atoms with Crippen molar-refractivity contribution in [3.63, 3.8) is 0 Å². The second-order valence-electron chi connectivity index (χ2n) is 2.41. The number of aromatic amines is 1. The van der Waals surface area contributed by atoms with Crippen LogP contribution in [0.15, 0.2) is 45.0 Å². The highest BCUT2D eigenvalue weighted by molar-refractivity contribution is 5.55. The summed E-state index contributed by atoms with van der Waals surface area (Å²) in [5.74, 6) is -0.777. The zero-order valence-corrected chi connectivity index (χ0v) is 11.7. The molecule has 0 aliphatic heterocycles. The zero-order chi connectivity index (χ0) is 14.6. The summed E-state index contributed by atoms with van der Waals surface area (Å²) in [6.07, 6.45) is 6.43. The second kappa shape index (κ2) is 11.4. The average molecular weight is 254 g/mol. The Balaban J connectivity index is 0. The minimum absolute atomic E-state index is 0.466. The fourth-order valence-corrected chi connectivity index (χ4v) is 0.903. The van der Waals surface area contributed by atoms with Crippen LogP contribution in [-0.2, 0) is 0 Å². The number of aromatic nitrogens is 2. The molecule has 0 radical (unpaired) electrons. The van der Waals surface area contributed by atoms with E-state index in [1.165, 1.54) is 0 Å². The maximum absolute atomic E-state index is 11.1. The Morgan fingerprint density at radius 1 is 1.28 bits per heavy atom. The van der Waals surface area contributed by atoms with Crippen molar-refractivity contribution in [2.75, 3.05) is 0 Å². The van der Waals surface area contributed by atoms with Crippen LogP contribution in [0.5, 0.6) is 0 Å². The van der Waals surface area contributed by atoms with Gasteiger partial charge in [-0.1, -0.05) is 52.5 Å². The first-order valence-electron chi connectivity index (χ1n) is 5.97. The fourth-order valence-electron chi connectivity index (χ4n) is 0.903. The molecule has 5 heteroatoms. The van der Waals surface area contributed by atoms with Gasteiger partial charge in [0.05, 0.1) is 5.70 Å². The summed E-state index contributed by atoms with van der Waals surface area (Å²) < 4.78 is 5.48. The van der Waals surface area contributed by atoms with Crippen LogP contribution in [0.4, 0.5) is 0 Å². The number of hydrogen-bond acceptors (Lipinski definition) is 3. The third kappa shape index (κ3) is 5.89. The van der Waals surface area contributed by atoms with Gasteiger partial charge in [-0.15, -0.1) is 4.74 Å². The molecule has 0 bridgehead atoms. The molecule has 1 N–H and O–H groups in total. The quantitative estimate of drug-likeness (QED) is 0.843. The number of nitrogens with zero attached hydrogens (tertiary/aromatic N) is 1. The maximum Gasteiger partial charge on any atom is 0.440 e. The Bertz CT molecular complexity index is 487. The third-order valence-electron chi connectivity index (χ3n) is 1.50. The van der Waals surface area contributed by atoms with Crippen molar-refractivity contribution < 1.29 is 4.52 Å². The summed E-state index contributed by atoms with van der Waals surface area (Å²) in [5.41, 5.74) is -0.134. The van der Waals surface area contributed by atoms with Crippen LogP contribution >= 0.6 is 0 Å². The van der Waals surface area contributed by atoms with Gasteiger partial charge in [0, 0.05) is 0 Å². The van der Waals surface area contributed by atoms with E-state index in [9.17, 15) is 9.59 Å². The third-order valence-corrected chi connectivity index (χ3v) is 1.50. The lowest BCUT2D eigenvalue weighted by Gasteiger charge is -1.95. The van der Waals surface area contributed by atoms with Crippen molar-refractivity contribution in [3.8, 4) is 0 Å². The lowest BCUT2D eigenvalue weighted by atomic mass is 10.3. The van der Waals surface area contributed by atoms with Crippen LogP contribution in [0.25, 0.3) is 5.70 Å². The minimum atomic E-state index is -0.777. The summed E-state index contributed by atoms with van der Waals surface area (Å²) in [6.45, 7) is 13.2. The van der Waals surface area contributed by atoms with Crippen LogP contribution in [-0.4, -0.2) is 9.72 Å². The molecule has 102 valence electrons. The molecule has 1 heterocycles. The second-order valence-corrected chi connectivity index (χ2v) is 2.41. The van der Waals surface area contributed by atoms with Crippen molar-refractivity contribution in [2.24, 2.45) is 0 Å². The molecule has 0 aromatic carbocycles. The lowest BCUT2D eigenvalue weighted by molar-refractivity contribution is 0.322. The summed E-state index contributed by atoms with van der Waals surface area (Å²) >= 11 is 0. The molecular weight excluding hydrogens is 232 g/mol. The number of rotatable bonds is 3. The predicted octanol–water partition coefficient (Wildman–Crippen LogP) is 2.79. The van der Waals surface area contributed by atoms with Gasteiger partial charge in [0.25, 0.3) is 0 Å². The Morgan fingerprint density at radius 3 is 2.17 bits per heavy atom. The molecule has 0 atom stereocenters. The number of hydrogen-bond donors (Lipinski definition) is 1. The van der Waals surface area contributed by atoms with Crippen molar-refractivity contribution in [1.82, 2.24) is 9.72 Å². The molecule has 0 saturated heterocycles. The van der Waals surface area contributed by atoms with E-state index in [4.69, 9.17) is 0 Å². The molecule has 18 heavy (non-hydrogen) atoms. The van der Waals surface area contributed by atoms with Crippen molar-refractivity contribution in [2.45, 2.75) is 34.6 Å². The molecule has 0 fully saturated rings. The molecule has 0 aliphatic carbocycles. The van der Waals surface area contributed by atoms with Gasteiger partial charge in [-0.2, -0.15) is 0 Å². The maximum atomic E-state index is 11.1. The van der Waals surface area contributed by atoms with E-state index >= 15 is 0 Å². The van der Waals surface area contributed by atoms with Crippen LogP contribution in [0.3, 0.4) is 0 Å². The molecule has 0 saturated carbocycles. The Kier molecular flexibility index (Phi) is 11.7. The average Bonchev–Trinajstić information content (AvgIpc) is 2.74. The van der Waals surface area contributed by atoms with Gasteiger partial charge in [0.15, 0.2) is 0 Å². The minimum Gasteiger partial charge on any atom is -0.312 e. The van der Waals surface area contributed by atoms with E-state index in [2.05, 4.69) is 11.1 Å². The Hall–Kier alpha value is -2.04. The first-order valence-corrected chi connectivity index (χ1v) is 5.97. The Morgan fingerprint density at radius 2 is 1.83 bits per heavy atom. The first kappa shape index (κ1) is 18.3. The predicted molar refractivity (Wildman–Crippen MR) is 75.6 cm³/mol. The van der Waals surface area contributed by atoms with Crippen LogP contribution in [0.2, 0.25) is 0 Å². The smallest absolute Gasteiger partial charge is 0.312 e. The number of allylic oxidation sites excluding steroid dienone is 5. The van der Waals surface area contributed by atoms with E-state index in [0.717, 1.165) is 4.74 Å². The Labute approximate surface area is 107 Å². The number of H-pyrrole nitrogens is 1. The van der Waals surface area contributed by atoms with Gasteiger partial charge in [-0.25, -0.2) is 14.6 Å². The molecular formula is C13H22N2O3. The van der Waals surface area contributed by atoms with Crippen LogP contribution < -0.4 is 11.4 Å². The van der Waals surface area contributed by atoms with E-state index in [1.54, 1.807) is 31.2 Å². The highest BCUT2D eigenvalue weighted by atomic mass is 16.5. The summed E-state index contributed by atoms with van der Waals surface area (Å²) in [6, 6.07) is 0. The highest BCUT2D eigenvalue weighted by Crippen LogP contribution is 2.00. The molecule has 0 spiro atoms. The summed E-state index contributed by atoms with van der Waals surface area (Å²) in [5, 5.41) is 0. The van der Waals surface area contributed by atoms with Gasteiger partial charge in [0.2, 0.25) is 0 Å². The molecule has 0 aliphatic rings. The van der Waals surface area contributed by atoms with Gasteiger partial charge in [0.1, 0.15) is 0 Å². The van der Waals surface area contributed by atoms with E-state index in [0.29, 0.717) is 5.70 Å². The molecule has 1 aromatic heterocycles. The van der Waals surface area contributed by atoms with Gasteiger partial charge >= 0.3 is 11.4 Å². The molecule has 1 aromatic rings. The van der Waals surface area contributed by atoms with E-state index in [1.807, 2.05) is 32.7 Å². The van der Waals surface area contributed by atoms with Crippen LogP contribution in [0.1, 0.15) is 34.6 Å². The normalized spacial score (nSPS) is 10.2. The van der Waals surface area contributed by atoms with Crippen molar-refractivity contribution >= 4 is 5.70 Å². The SMILES string of the molecule is C=C/C=C\C(=C/C)n1oc(=O)[nH]c1=O.CC.CC. The van der Waals surface area contributed by atoms with Gasteiger partial charge in [-0.3, -0.25) is 0 Å².